The van der Waals surface area contributed by atoms with Gasteiger partial charge in [-0.05, 0) is 52.8 Å². The molecule has 0 aromatic heterocycles. The molecule has 1 aliphatic heterocycles. The fraction of sp³-hybridized carbons (Fsp3) is 0.438. The van der Waals surface area contributed by atoms with Crippen LogP contribution in [0.25, 0.3) is 0 Å². The number of hydrogen-bond donors (Lipinski definition) is 2. The molecule has 7 nitrogen and oxygen atoms in total. The molecule has 0 bridgehead atoms. The van der Waals surface area contributed by atoms with Crippen molar-refractivity contribution in [3.8, 4) is 0 Å². The van der Waals surface area contributed by atoms with Gasteiger partial charge in [0.05, 0.1) is 16.9 Å². The van der Waals surface area contributed by atoms with Gasteiger partial charge < -0.3 is 15.2 Å². The number of carboxylic acids is 1. The van der Waals surface area contributed by atoms with Crippen LogP contribution in [-0.4, -0.2) is 34.2 Å². The SMILES string of the molecule is CC(C)(C)OC(=O)N1c2ccc(C(=O)O)cc2NC(=O)C1(C)C. The lowest BCUT2D eigenvalue weighted by Gasteiger charge is -2.42. The molecule has 2 N–H and O–H groups in total. The van der Waals surface area contributed by atoms with Gasteiger partial charge in [0.2, 0.25) is 5.91 Å². The molecule has 1 aromatic rings. The van der Waals surface area contributed by atoms with Gasteiger partial charge in [0, 0.05) is 0 Å². The van der Waals surface area contributed by atoms with E-state index in [0.717, 1.165) is 0 Å². The number of carbonyl (C=O) groups excluding carboxylic acids is 2. The molecule has 0 atom stereocenters. The average Bonchev–Trinajstić information content (AvgIpc) is 2.36. The molecule has 0 aliphatic carbocycles. The van der Waals surface area contributed by atoms with Crippen LogP contribution in [0, 0.1) is 0 Å². The summed E-state index contributed by atoms with van der Waals surface area (Å²) in [5.74, 6) is -1.53. The number of amides is 2. The summed E-state index contributed by atoms with van der Waals surface area (Å²) in [6.45, 7) is 8.39. The number of aromatic carboxylic acids is 1. The van der Waals surface area contributed by atoms with E-state index < -0.39 is 29.1 Å². The Hall–Kier alpha value is -2.57. The Labute approximate surface area is 134 Å². The summed E-state index contributed by atoms with van der Waals surface area (Å²) in [7, 11) is 0. The summed E-state index contributed by atoms with van der Waals surface area (Å²) in [5.41, 5.74) is -1.20. The Morgan fingerprint density at radius 1 is 1.26 bits per heavy atom. The van der Waals surface area contributed by atoms with E-state index in [9.17, 15) is 14.4 Å². The highest BCUT2D eigenvalue weighted by Gasteiger charge is 2.45. The summed E-state index contributed by atoms with van der Waals surface area (Å²) >= 11 is 0. The van der Waals surface area contributed by atoms with Gasteiger partial charge in [-0.25, -0.2) is 9.59 Å². The minimum Gasteiger partial charge on any atom is -0.478 e. The van der Waals surface area contributed by atoms with Crippen molar-refractivity contribution in [1.29, 1.82) is 0 Å². The van der Waals surface area contributed by atoms with Gasteiger partial charge in [0.15, 0.2) is 0 Å². The predicted octanol–water partition coefficient (Wildman–Crippen LogP) is 2.86. The lowest BCUT2D eigenvalue weighted by atomic mass is 9.96. The number of fused-ring (bicyclic) bond motifs is 1. The molecule has 2 rings (SSSR count). The van der Waals surface area contributed by atoms with Crippen molar-refractivity contribution in [3.05, 3.63) is 23.8 Å². The summed E-state index contributed by atoms with van der Waals surface area (Å²) in [4.78, 5) is 37.2. The molecule has 0 radical (unpaired) electrons. The van der Waals surface area contributed by atoms with Crippen molar-refractivity contribution in [2.45, 2.75) is 45.8 Å². The summed E-state index contributed by atoms with van der Waals surface area (Å²) in [6.07, 6.45) is -0.665. The van der Waals surface area contributed by atoms with Crippen LogP contribution in [0.2, 0.25) is 0 Å². The third-order valence-corrected chi connectivity index (χ3v) is 3.42. The fourth-order valence-electron chi connectivity index (χ4n) is 2.28. The first kappa shape index (κ1) is 16.8. The van der Waals surface area contributed by atoms with Gasteiger partial charge in [-0.1, -0.05) is 0 Å². The van der Waals surface area contributed by atoms with Crippen molar-refractivity contribution in [2.24, 2.45) is 0 Å². The first-order valence-electron chi connectivity index (χ1n) is 7.15. The van der Waals surface area contributed by atoms with E-state index in [1.807, 2.05) is 0 Å². The number of hydrogen-bond acceptors (Lipinski definition) is 4. The maximum absolute atomic E-state index is 12.6. The Morgan fingerprint density at radius 2 is 1.87 bits per heavy atom. The standard InChI is InChI=1S/C16H20N2O5/c1-15(2,3)23-14(22)18-11-7-6-9(12(19)20)8-10(11)17-13(21)16(18,4)5/h6-8H,1-5H3,(H,17,21)(H,19,20). The number of carbonyl (C=O) groups is 3. The van der Waals surface area contributed by atoms with Gasteiger partial charge in [-0.15, -0.1) is 0 Å². The number of carboxylic acid groups (broad SMARTS) is 1. The molecule has 124 valence electrons. The van der Waals surface area contributed by atoms with Crippen LogP contribution in [0.3, 0.4) is 0 Å². The second-order valence-corrected chi connectivity index (χ2v) is 6.87. The Bertz CT molecular complexity index is 688. The van der Waals surface area contributed by atoms with Crippen LogP contribution < -0.4 is 10.2 Å². The minimum atomic E-state index is -1.17. The van der Waals surface area contributed by atoms with Crippen molar-refractivity contribution in [2.75, 3.05) is 10.2 Å². The van der Waals surface area contributed by atoms with Gasteiger partial charge >= 0.3 is 12.1 Å². The molecule has 0 spiro atoms. The van der Waals surface area contributed by atoms with Crippen molar-refractivity contribution in [1.82, 2.24) is 0 Å². The third kappa shape index (κ3) is 3.13. The topological polar surface area (TPSA) is 95.9 Å². The maximum Gasteiger partial charge on any atom is 0.415 e. The highest BCUT2D eigenvalue weighted by atomic mass is 16.6. The lowest BCUT2D eigenvalue weighted by Crippen LogP contribution is -2.59. The molecule has 7 heteroatoms. The monoisotopic (exact) mass is 320 g/mol. The highest BCUT2D eigenvalue weighted by molar-refractivity contribution is 6.13. The average molecular weight is 320 g/mol. The molecule has 23 heavy (non-hydrogen) atoms. The van der Waals surface area contributed by atoms with Crippen LogP contribution in [0.5, 0.6) is 0 Å². The van der Waals surface area contributed by atoms with Crippen LogP contribution >= 0.6 is 0 Å². The fourth-order valence-corrected chi connectivity index (χ4v) is 2.28. The zero-order valence-corrected chi connectivity index (χ0v) is 13.8. The van der Waals surface area contributed by atoms with E-state index in [4.69, 9.17) is 9.84 Å². The van der Waals surface area contributed by atoms with Gasteiger partial charge in [-0.2, -0.15) is 0 Å². The first-order chi connectivity index (χ1) is 10.4. The highest BCUT2D eigenvalue weighted by Crippen LogP contribution is 2.38. The summed E-state index contributed by atoms with van der Waals surface area (Å²) < 4.78 is 5.39. The lowest BCUT2D eigenvalue weighted by molar-refractivity contribution is -0.120. The quantitative estimate of drug-likeness (QED) is 0.829. The second-order valence-electron chi connectivity index (χ2n) is 6.87. The number of benzene rings is 1. The number of nitrogens with zero attached hydrogens (tertiary/aromatic N) is 1. The molecule has 2 amide bonds. The van der Waals surface area contributed by atoms with E-state index in [1.165, 1.54) is 23.1 Å². The Kier molecular flexibility index (Phi) is 3.84. The molecule has 0 fully saturated rings. The summed E-state index contributed by atoms with van der Waals surface area (Å²) in [6, 6.07) is 4.19. The second kappa shape index (κ2) is 5.26. The van der Waals surface area contributed by atoms with Crippen molar-refractivity contribution < 1.29 is 24.2 Å². The zero-order valence-electron chi connectivity index (χ0n) is 13.8. The Balaban J connectivity index is 2.54. The van der Waals surface area contributed by atoms with Crippen LogP contribution in [0.1, 0.15) is 45.0 Å². The summed E-state index contributed by atoms with van der Waals surface area (Å²) in [5, 5.41) is 11.7. The largest absolute Gasteiger partial charge is 0.478 e. The van der Waals surface area contributed by atoms with E-state index in [-0.39, 0.29) is 11.3 Å². The van der Waals surface area contributed by atoms with Crippen molar-refractivity contribution >= 4 is 29.3 Å². The molecular formula is C16H20N2O5. The normalized spacial score (nSPS) is 16.4. The number of anilines is 2. The predicted molar refractivity (Wildman–Crippen MR) is 84.8 cm³/mol. The van der Waals surface area contributed by atoms with Gasteiger partial charge in [-0.3, -0.25) is 9.69 Å². The van der Waals surface area contributed by atoms with E-state index in [0.29, 0.717) is 5.69 Å². The molecule has 1 aliphatic rings. The van der Waals surface area contributed by atoms with Gasteiger partial charge in [0.1, 0.15) is 11.1 Å². The minimum absolute atomic E-state index is 0.0212. The smallest absolute Gasteiger partial charge is 0.415 e. The van der Waals surface area contributed by atoms with Crippen LogP contribution in [0.15, 0.2) is 18.2 Å². The third-order valence-electron chi connectivity index (χ3n) is 3.42. The van der Waals surface area contributed by atoms with Crippen molar-refractivity contribution in [3.63, 3.8) is 0 Å². The van der Waals surface area contributed by atoms with E-state index >= 15 is 0 Å². The molecule has 0 unspecified atom stereocenters. The van der Waals surface area contributed by atoms with Crippen LogP contribution in [-0.2, 0) is 9.53 Å². The number of nitrogens with one attached hydrogen (secondary N) is 1. The number of ether oxygens (including phenoxy) is 1. The molecule has 1 heterocycles. The molecule has 0 saturated carbocycles. The van der Waals surface area contributed by atoms with E-state index in [2.05, 4.69) is 5.32 Å². The maximum atomic E-state index is 12.6. The zero-order chi connectivity index (χ0) is 17.6. The first-order valence-corrected chi connectivity index (χ1v) is 7.15. The molecular weight excluding hydrogens is 300 g/mol. The van der Waals surface area contributed by atoms with E-state index in [1.54, 1.807) is 34.6 Å². The van der Waals surface area contributed by atoms with Gasteiger partial charge in [0.25, 0.3) is 0 Å². The Morgan fingerprint density at radius 3 is 2.39 bits per heavy atom. The molecule has 1 aromatic carbocycles. The molecule has 0 saturated heterocycles. The van der Waals surface area contributed by atoms with Crippen LogP contribution in [0.4, 0.5) is 16.2 Å². The number of rotatable bonds is 1.